The number of carbonyl (C=O) groups is 1. The van der Waals surface area contributed by atoms with E-state index in [0.29, 0.717) is 17.5 Å². The maximum atomic E-state index is 11.9. The van der Waals surface area contributed by atoms with Crippen molar-refractivity contribution < 1.29 is 9.00 Å². The van der Waals surface area contributed by atoms with Crippen molar-refractivity contribution in [2.24, 2.45) is 17.8 Å². The minimum Gasteiger partial charge on any atom is -0.299 e. The normalized spacial score (nSPS) is 15.7. The number of hydrogen-bond donors (Lipinski definition) is 0. The van der Waals surface area contributed by atoms with Crippen LogP contribution in [0.4, 0.5) is 0 Å². The van der Waals surface area contributed by atoms with Crippen LogP contribution < -0.4 is 0 Å². The first-order valence-electron chi connectivity index (χ1n) is 5.68. The van der Waals surface area contributed by atoms with Crippen molar-refractivity contribution in [1.82, 2.24) is 0 Å². The van der Waals surface area contributed by atoms with Crippen LogP contribution in [-0.2, 0) is 15.6 Å². The van der Waals surface area contributed by atoms with Crippen LogP contribution in [0.3, 0.4) is 0 Å². The number of ketones is 1. The Labute approximate surface area is 96.3 Å². The summed E-state index contributed by atoms with van der Waals surface area (Å²) in [7, 11) is -0.783. The van der Waals surface area contributed by atoms with Gasteiger partial charge in [0.1, 0.15) is 5.78 Å². The Bertz CT molecular complexity index is 222. The van der Waals surface area contributed by atoms with Gasteiger partial charge in [0.2, 0.25) is 0 Å². The van der Waals surface area contributed by atoms with E-state index in [0.717, 1.165) is 12.8 Å². The van der Waals surface area contributed by atoms with Crippen LogP contribution >= 0.6 is 0 Å². The Morgan fingerprint density at radius 2 is 1.73 bits per heavy atom. The van der Waals surface area contributed by atoms with Gasteiger partial charge in [0, 0.05) is 34.6 Å². The van der Waals surface area contributed by atoms with Crippen molar-refractivity contribution in [1.29, 1.82) is 0 Å². The van der Waals surface area contributed by atoms with Crippen molar-refractivity contribution in [2.75, 3.05) is 12.0 Å². The monoisotopic (exact) mass is 232 g/mol. The molecule has 0 amide bonds. The van der Waals surface area contributed by atoms with Crippen molar-refractivity contribution in [3.63, 3.8) is 0 Å². The highest BCUT2D eigenvalue weighted by molar-refractivity contribution is 7.84. The van der Waals surface area contributed by atoms with Crippen molar-refractivity contribution in [2.45, 2.75) is 40.5 Å². The molecule has 0 saturated carbocycles. The smallest absolute Gasteiger partial charge is 0.138 e. The molecule has 0 aliphatic heterocycles. The Hall–Kier alpha value is -0.180. The van der Waals surface area contributed by atoms with Gasteiger partial charge in [0.15, 0.2) is 0 Å². The van der Waals surface area contributed by atoms with E-state index in [1.807, 2.05) is 13.8 Å². The van der Waals surface area contributed by atoms with Gasteiger partial charge < -0.3 is 0 Å². The summed E-state index contributed by atoms with van der Waals surface area (Å²) in [5.41, 5.74) is 0. The quantitative estimate of drug-likeness (QED) is 0.676. The zero-order chi connectivity index (χ0) is 12.0. The number of carbonyl (C=O) groups excluding carboxylic acids is 1. The lowest BCUT2D eigenvalue weighted by Gasteiger charge is -2.19. The second-order valence-corrected chi connectivity index (χ2v) is 6.50. The molecule has 15 heavy (non-hydrogen) atoms. The van der Waals surface area contributed by atoms with Gasteiger partial charge in [-0.25, -0.2) is 0 Å². The number of hydrogen-bond acceptors (Lipinski definition) is 2. The van der Waals surface area contributed by atoms with E-state index in [1.54, 1.807) is 6.26 Å². The Morgan fingerprint density at radius 1 is 1.20 bits per heavy atom. The minimum absolute atomic E-state index is 0.0963. The van der Waals surface area contributed by atoms with Gasteiger partial charge in [0.25, 0.3) is 0 Å². The molecule has 0 radical (unpaired) electrons. The molecule has 2 atom stereocenters. The van der Waals surface area contributed by atoms with Gasteiger partial charge in [-0.3, -0.25) is 9.00 Å². The molecule has 0 spiro atoms. The molecule has 0 bridgehead atoms. The molecule has 0 heterocycles. The lowest BCUT2D eigenvalue weighted by atomic mass is 9.86. The molecule has 0 aliphatic carbocycles. The van der Waals surface area contributed by atoms with Crippen molar-refractivity contribution >= 4 is 16.6 Å². The molecule has 2 unspecified atom stereocenters. The molecule has 2 nitrogen and oxygen atoms in total. The first kappa shape index (κ1) is 14.8. The molecule has 0 rings (SSSR count). The molecule has 0 aromatic carbocycles. The third kappa shape index (κ3) is 6.82. The first-order chi connectivity index (χ1) is 6.84. The fraction of sp³-hybridized carbons (Fsp3) is 0.917. The van der Waals surface area contributed by atoms with Crippen LogP contribution in [0.25, 0.3) is 0 Å². The summed E-state index contributed by atoms with van der Waals surface area (Å²) >= 11 is 0. The zero-order valence-corrected chi connectivity index (χ0v) is 11.4. The molecule has 3 heteroatoms. The Morgan fingerprint density at radius 3 is 2.07 bits per heavy atom. The van der Waals surface area contributed by atoms with E-state index >= 15 is 0 Å². The predicted octanol–water partition coefficient (Wildman–Crippen LogP) is 2.64. The third-order valence-electron chi connectivity index (χ3n) is 2.48. The average Bonchev–Trinajstić information content (AvgIpc) is 2.10. The summed E-state index contributed by atoms with van der Waals surface area (Å²) in [6.45, 7) is 8.14. The third-order valence-corrected chi connectivity index (χ3v) is 3.29. The highest BCUT2D eigenvalue weighted by atomic mass is 32.2. The van der Waals surface area contributed by atoms with E-state index in [2.05, 4.69) is 13.8 Å². The lowest BCUT2D eigenvalue weighted by Crippen LogP contribution is -2.23. The largest absolute Gasteiger partial charge is 0.299 e. The standard InChI is InChI=1S/C12H24O2S/c1-9(2)8-11(6-7-15(5)14)12(13)10(3)4/h9-11H,6-8H2,1-5H3. The maximum absolute atomic E-state index is 11.9. The molecule has 0 aliphatic rings. The minimum atomic E-state index is -0.783. The zero-order valence-electron chi connectivity index (χ0n) is 10.6. The topological polar surface area (TPSA) is 34.1 Å². The summed E-state index contributed by atoms with van der Waals surface area (Å²) in [6, 6.07) is 0. The van der Waals surface area contributed by atoms with E-state index in [-0.39, 0.29) is 11.8 Å². The lowest BCUT2D eigenvalue weighted by molar-refractivity contribution is -0.126. The Balaban J connectivity index is 4.30. The van der Waals surface area contributed by atoms with Crippen LogP contribution in [0.1, 0.15) is 40.5 Å². The molecule has 0 fully saturated rings. The summed E-state index contributed by atoms with van der Waals surface area (Å²) in [4.78, 5) is 11.9. The SMILES string of the molecule is CC(C)CC(CCS(C)=O)C(=O)C(C)C. The summed E-state index contributed by atoms with van der Waals surface area (Å²) in [5, 5.41) is 0. The molecule has 90 valence electrons. The van der Waals surface area contributed by atoms with Gasteiger partial charge in [-0.15, -0.1) is 0 Å². The molecule has 0 saturated heterocycles. The molecular formula is C12H24O2S. The van der Waals surface area contributed by atoms with E-state index in [4.69, 9.17) is 0 Å². The second kappa shape index (κ2) is 7.15. The fourth-order valence-electron chi connectivity index (χ4n) is 1.72. The summed E-state index contributed by atoms with van der Waals surface area (Å²) < 4.78 is 11.0. The predicted molar refractivity (Wildman–Crippen MR) is 66.3 cm³/mol. The number of Topliss-reactive ketones (excluding diaryl/α,β-unsaturated/α-hetero) is 1. The van der Waals surface area contributed by atoms with E-state index in [1.165, 1.54) is 0 Å². The van der Waals surface area contributed by atoms with Gasteiger partial charge in [0.05, 0.1) is 0 Å². The highest BCUT2D eigenvalue weighted by Crippen LogP contribution is 2.20. The van der Waals surface area contributed by atoms with Crippen LogP contribution in [0, 0.1) is 17.8 Å². The van der Waals surface area contributed by atoms with Crippen LogP contribution in [-0.4, -0.2) is 22.0 Å². The van der Waals surface area contributed by atoms with Crippen LogP contribution in [0.15, 0.2) is 0 Å². The van der Waals surface area contributed by atoms with Gasteiger partial charge in [-0.1, -0.05) is 27.7 Å². The van der Waals surface area contributed by atoms with E-state index in [9.17, 15) is 9.00 Å². The first-order valence-corrected chi connectivity index (χ1v) is 7.41. The number of rotatable bonds is 7. The highest BCUT2D eigenvalue weighted by Gasteiger charge is 2.22. The molecular weight excluding hydrogens is 208 g/mol. The van der Waals surface area contributed by atoms with Gasteiger partial charge in [-0.05, 0) is 18.8 Å². The van der Waals surface area contributed by atoms with Crippen molar-refractivity contribution in [3.8, 4) is 0 Å². The maximum Gasteiger partial charge on any atom is 0.138 e. The van der Waals surface area contributed by atoms with Gasteiger partial charge in [-0.2, -0.15) is 0 Å². The molecule has 0 aromatic heterocycles. The fourth-order valence-corrected chi connectivity index (χ4v) is 2.34. The summed E-state index contributed by atoms with van der Waals surface area (Å²) in [6.07, 6.45) is 3.40. The van der Waals surface area contributed by atoms with Crippen LogP contribution in [0.5, 0.6) is 0 Å². The second-order valence-electron chi connectivity index (χ2n) is 4.95. The average molecular weight is 232 g/mol. The van der Waals surface area contributed by atoms with Crippen LogP contribution in [0.2, 0.25) is 0 Å². The summed E-state index contributed by atoms with van der Waals surface area (Å²) in [5.74, 6) is 1.71. The molecule has 0 N–H and O–H groups in total. The van der Waals surface area contributed by atoms with Crippen molar-refractivity contribution in [3.05, 3.63) is 0 Å². The van der Waals surface area contributed by atoms with Gasteiger partial charge >= 0.3 is 0 Å². The molecule has 0 aromatic rings. The Kier molecular flexibility index (Phi) is 7.07. The van der Waals surface area contributed by atoms with E-state index < -0.39 is 10.8 Å².